The molecule has 0 radical (unpaired) electrons. The van der Waals surface area contributed by atoms with E-state index in [0.717, 1.165) is 12.2 Å². The molecule has 15 heavy (non-hydrogen) atoms. The van der Waals surface area contributed by atoms with Gasteiger partial charge in [-0.25, -0.2) is 0 Å². The number of anilines is 1. The second-order valence-corrected chi connectivity index (χ2v) is 3.47. The number of nitrogens with one attached hydrogen (secondary N) is 1. The van der Waals surface area contributed by atoms with Crippen molar-refractivity contribution in [3.05, 3.63) is 42.0 Å². The smallest absolute Gasteiger partial charge is 0.0542 e. The lowest BCUT2D eigenvalue weighted by Crippen LogP contribution is -2.01. The van der Waals surface area contributed by atoms with Crippen LogP contribution >= 0.6 is 0 Å². The van der Waals surface area contributed by atoms with Gasteiger partial charge in [0.15, 0.2) is 0 Å². The van der Waals surface area contributed by atoms with Crippen molar-refractivity contribution in [2.24, 2.45) is 7.05 Å². The highest BCUT2D eigenvalue weighted by molar-refractivity contribution is 5.41. The van der Waals surface area contributed by atoms with Crippen LogP contribution < -0.4 is 5.32 Å². The maximum atomic E-state index is 4.19. The van der Waals surface area contributed by atoms with E-state index in [9.17, 15) is 0 Å². The zero-order valence-electron chi connectivity index (χ0n) is 8.94. The van der Waals surface area contributed by atoms with E-state index in [1.54, 1.807) is 12.4 Å². The van der Waals surface area contributed by atoms with Gasteiger partial charge in [-0.1, -0.05) is 0 Å². The molecule has 2 aromatic heterocycles. The summed E-state index contributed by atoms with van der Waals surface area (Å²) in [6.45, 7) is 2.86. The number of nitrogens with zero attached hydrogens (tertiary/aromatic N) is 3. The zero-order chi connectivity index (χ0) is 10.7. The summed E-state index contributed by atoms with van der Waals surface area (Å²) in [6.07, 6.45) is 5.44. The molecule has 0 atom stereocenters. The zero-order valence-corrected chi connectivity index (χ0v) is 8.94. The molecule has 0 aliphatic rings. The summed E-state index contributed by atoms with van der Waals surface area (Å²) < 4.78 is 1.88. The van der Waals surface area contributed by atoms with E-state index < -0.39 is 0 Å². The summed E-state index contributed by atoms with van der Waals surface area (Å²) in [5, 5.41) is 7.51. The Morgan fingerprint density at radius 3 is 2.67 bits per heavy atom. The van der Waals surface area contributed by atoms with E-state index in [4.69, 9.17) is 0 Å². The third kappa shape index (κ3) is 2.15. The first kappa shape index (κ1) is 9.71. The van der Waals surface area contributed by atoms with Crippen molar-refractivity contribution in [2.75, 3.05) is 5.32 Å². The third-order valence-corrected chi connectivity index (χ3v) is 2.50. The summed E-state index contributed by atoms with van der Waals surface area (Å²) >= 11 is 0. The summed E-state index contributed by atoms with van der Waals surface area (Å²) in [5.41, 5.74) is 3.49. The summed E-state index contributed by atoms with van der Waals surface area (Å²) in [4.78, 5) is 3.97. The number of rotatable bonds is 3. The highest BCUT2D eigenvalue weighted by Gasteiger charge is 2.02. The normalized spacial score (nSPS) is 10.3. The number of aromatic nitrogens is 3. The SMILES string of the molecule is Cc1c(CNc2ccncc2)cnn1C. The minimum Gasteiger partial charge on any atom is -0.381 e. The first-order valence-corrected chi connectivity index (χ1v) is 4.89. The molecule has 0 aromatic carbocycles. The predicted molar refractivity (Wildman–Crippen MR) is 59.5 cm³/mol. The molecule has 4 heteroatoms. The molecule has 78 valence electrons. The summed E-state index contributed by atoms with van der Waals surface area (Å²) in [6, 6.07) is 3.90. The van der Waals surface area contributed by atoms with Gasteiger partial charge in [-0.05, 0) is 19.1 Å². The standard InChI is InChI=1S/C11H14N4/c1-9-10(8-14-15(9)2)7-13-11-3-5-12-6-4-11/h3-6,8H,7H2,1-2H3,(H,12,13). The number of hydrogen-bond donors (Lipinski definition) is 1. The molecule has 0 aliphatic heterocycles. The average molecular weight is 202 g/mol. The Balaban J connectivity index is 2.02. The molecule has 0 saturated heterocycles. The number of aryl methyl sites for hydroxylation is 1. The molecule has 0 aliphatic carbocycles. The van der Waals surface area contributed by atoms with Crippen LogP contribution in [0.5, 0.6) is 0 Å². The maximum absolute atomic E-state index is 4.19. The summed E-state index contributed by atoms with van der Waals surface area (Å²) in [5.74, 6) is 0. The molecule has 0 saturated carbocycles. The Labute approximate surface area is 89.0 Å². The van der Waals surface area contributed by atoms with Gasteiger partial charge in [-0.15, -0.1) is 0 Å². The lowest BCUT2D eigenvalue weighted by atomic mass is 10.2. The minimum absolute atomic E-state index is 0.795. The van der Waals surface area contributed by atoms with E-state index in [0.29, 0.717) is 0 Å². The summed E-state index contributed by atoms with van der Waals surface area (Å²) in [7, 11) is 1.95. The molecule has 2 heterocycles. The van der Waals surface area contributed by atoms with Gasteiger partial charge in [0.1, 0.15) is 0 Å². The van der Waals surface area contributed by atoms with E-state index in [2.05, 4.69) is 22.3 Å². The van der Waals surface area contributed by atoms with Gasteiger partial charge < -0.3 is 5.32 Å². The van der Waals surface area contributed by atoms with E-state index in [-0.39, 0.29) is 0 Å². The Bertz CT molecular complexity index is 433. The van der Waals surface area contributed by atoms with Crippen molar-refractivity contribution in [3.8, 4) is 0 Å². The fourth-order valence-corrected chi connectivity index (χ4v) is 1.38. The van der Waals surface area contributed by atoms with E-state index in [1.165, 1.54) is 11.3 Å². The number of pyridine rings is 1. The van der Waals surface area contributed by atoms with Crippen LogP contribution in [0.4, 0.5) is 5.69 Å². The van der Waals surface area contributed by atoms with Gasteiger partial charge in [0.25, 0.3) is 0 Å². The Hall–Kier alpha value is -1.84. The second kappa shape index (κ2) is 4.13. The van der Waals surface area contributed by atoms with Crippen LogP contribution in [0.3, 0.4) is 0 Å². The third-order valence-electron chi connectivity index (χ3n) is 2.50. The highest BCUT2D eigenvalue weighted by atomic mass is 15.3. The van der Waals surface area contributed by atoms with Crippen molar-refractivity contribution >= 4 is 5.69 Å². The molecule has 0 bridgehead atoms. The van der Waals surface area contributed by atoms with E-state index >= 15 is 0 Å². The van der Waals surface area contributed by atoms with Gasteiger partial charge in [0, 0.05) is 42.9 Å². The highest BCUT2D eigenvalue weighted by Crippen LogP contribution is 2.09. The van der Waals surface area contributed by atoms with E-state index in [1.807, 2.05) is 30.1 Å². The molecular weight excluding hydrogens is 188 g/mol. The van der Waals surface area contributed by atoms with Gasteiger partial charge in [-0.2, -0.15) is 5.10 Å². The van der Waals surface area contributed by atoms with Crippen LogP contribution in [0.2, 0.25) is 0 Å². The lowest BCUT2D eigenvalue weighted by Gasteiger charge is -2.05. The first-order chi connectivity index (χ1) is 7.27. The lowest BCUT2D eigenvalue weighted by molar-refractivity contribution is 0.738. The first-order valence-electron chi connectivity index (χ1n) is 4.89. The molecule has 0 amide bonds. The predicted octanol–water partition coefficient (Wildman–Crippen LogP) is 1.74. The topological polar surface area (TPSA) is 42.7 Å². The Morgan fingerprint density at radius 1 is 1.33 bits per heavy atom. The van der Waals surface area contributed by atoms with Crippen molar-refractivity contribution in [1.29, 1.82) is 0 Å². The molecule has 0 unspecified atom stereocenters. The van der Waals surface area contributed by atoms with Crippen molar-refractivity contribution in [2.45, 2.75) is 13.5 Å². The molecule has 0 spiro atoms. The van der Waals surface area contributed by atoms with Crippen LogP contribution in [0, 0.1) is 6.92 Å². The quantitative estimate of drug-likeness (QED) is 0.824. The monoisotopic (exact) mass is 202 g/mol. The minimum atomic E-state index is 0.795. The van der Waals surface area contributed by atoms with Crippen LogP contribution in [-0.2, 0) is 13.6 Å². The maximum Gasteiger partial charge on any atom is 0.0542 e. The van der Waals surface area contributed by atoms with Crippen LogP contribution in [0.1, 0.15) is 11.3 Å². The molecule has 2 rings (SSSR count). The van der Waals surface area contributed by atoms with Crippen LogP contribution in [0.15, 0.2) is 30.7 Å². The fourth-order valence-electron chi connectivity index (χ4n) is 1.38. The molecule has 0 fully saturated rings. The van der Waals surface area contributed by atoms with Crippen LogP contribution in [-0.4, -0.2) is 14.8 Å². The van der Waals surface area contributed by atoms with Crippen molar-refractivity contribution < 1.29 is 0 Å². The average Bonchev–Trinajstić information content (AvgIpc) is 2.59. The molecule has 1 N–H and O–H groups in total. The second-order valence-electron chi connectivity index (χ2n) is 3.47. The van der Waals surface area contributed by atoms with Gasteiger partial charge in [0.05, 0.1) is 6.20 Å². The molecular formula is C11H14N4. The van der Waals surface area contributed by atoms with Gasteiger partial charge >= 0.3 is 0 Å². The Morgan fingerprint density at radius 2 is 2.07 bits per heavy atom. The van der Waals surface area contributed by atoms with Crippen molar-refractivity contribution in [3.63, 3.8) is 0 Å². The van der Waals surface area contributed by atoms with Crippen molar-refractivity contribution in [1.82, 2.24) is 14.8 Å². The van der Waals surface area contributed by atoms with Gasteiger partial charge in [-0.3, -0.25) is 9.67 Å². The van der Waals surface area contributed by atoms with Gasteiger partial charge in [0.2, 0.25) is 0 Å². The number of hydrogen-bond acceptors (Lipinski definition) is 3. The Kier molecular flexibility index (Phi) is 2.67. The van der Waals surface area contributed by atoms with Crippen LogP contribution in [0.25, 0.3) is 0 Å². The molecule has 4 nitrogen and oxygen atoms in total. The largest absolute Gasteiger partial charge is 0.381 e. The fraction of sp³-hybridized carbons (Fsp3) is 0.273. The molecule has 2 aromatic rings.